The molecule has 0 fully saturated rings. The zero-order valence-corrected chi connectivity index (χ0v) is 9.29. The minimum Gasteiger partial charge on any atom is -2.00 e. The largest absolute Gasteiger partial charge is 2.00 e. The summed E-state index contributed by atoms with van der Waals surface area (Å²) in [7, 11) is -11.4. The molecular formula is O8P2W-6. The minimum atomic E-state index is -5.68. The summed E-state index contributed by atoms with van der Waals surface area (Å²) in [5.74, 6) is 0. The van der Waals surface area contributed by atoms with E-state index in [1.54, 1.807) is 0 Å². The Morgan fingerprint density at radius 3 is 1.09 bits per heavy atom. The molecular weight excluding hydrogens is 374 g/mol. The monoisotopic (exact) mass is 374 g/mol. The molecule has 0 spiro atoms. The van der Waals surface area contributed by atoms with Gasteiger partial charge in [-0.25, -0.2) is 0 Å². The number of rotatable bonds is 2. The Morgan fingerprint density at radius 1 is 0.909 bits per heavy atom. The van der Waals surface area contributed by atoms with Gasteiger partial charge in [-0.15, -0.1) is 0 Å². The third-order valence-corrected chi connectivity index (χ3v) is 1.80. The zero-order valence-electron chi connectivity index (χ0n) is 4.57. The molecule has 0 heterocycles. The Morgan fingerprint density at radius 2 is 1.09 bits per heavy atom. The van der Waals surface area contributed by atoms with Gasteiger partial charge in [0.15, 0.2) is 0 Å². The van der Waals surface area contributed by atoms with E-state index >= 15 is 0 Å². The summed E-state index contributed by atoms with van der Waals surface area (Å²) in [6, 6.07) is 0. The fourth-order valence-corrected chi connectivity index (χ4v) is 1.10. The van der Waals surface area contributed by atoms with Gasteiger partial charge < -0.3 is 38.5 Å². The molecule has 0 N–H and O–H groups in total. The van der Waals surface area contributed by atoms with E-state index in [0.717, 1.165) is 0 Å². The van der Waals surface area contributed by atoms with Crippen molar-refractivity contribution in [3.63, 3.8) is 0 Å². The number of hydrogen-bond donors (Lipinski definition) is 0. The third-order valence-electron chi connectivity index (χ3n) is 0.200. The second-order valence-electron chi connectivity index (χ2n) is 0.976. The van der Waals surface area contributed by atoms with E-state index < -0.39 is 15.6 Å². The summed E-state index contributed by atoms with van der Waals surface area (Å²) in [5.41, 5.74) is 0. The van der Waals surface area contributed by atoms with Crippen LogP contribution in [0.5, 0.6) is 0 Å². The Kier molecular flexibility index (Phi) is 8.99. The summed E-state index contributed by atoms with van der Waals surface area (Å²) in [4.78, 5) is 37.3. The first-order valence-corrected chi connectivity index (χ1v) is 4.38. The van der Waals surface area contributed by atoms with Crippen molar-refractivity contribution in [2.24, 2.45) is 0 Å². The molecule has 0 saturated carbocycles. The summed E-state index contributed by atoms with van der Waals surface area (Å²) in [6.45, 7) is 0. The summed E-state index contributed by atoms with van der Waals surface area (Å²) in [6.07, 6.45) is 0. The average molecular weight is 374 g/mol. The molecule has 8 nitrogen and oxygen atoms in total. The van der Waals surface area contributed by atoms with Crippen molar-refractivity contribution in [2.45, 2.75) is 0 Å². The van der Waals surface area contributed by atoms with Crippen molar-refractivity contribution in [2.75, 3.05) is 0 Å². The van der Waals surface area contributed by atoms with E-state index in [4.69, 9.17) is 0 Å². The van der Waals surface area contributed by atoms with Crippen LogP contribution in [-0.4, -0.2) is 0 Å². The van der Waals surface area contributed by atoms with Gasteiger partial charge in [0, 0.05) is 21.1 Å². The predicted octanol–water partition coefficient (Wildman–Crippen LogP) is -3.46. The van der Waals surface area contributed by atoms with Gasteiger partial charge in [-0.3, -0.25) is 0 Å². The van der Waals surface area contributed by atoms with E-state index in [0.29, 0.717) is 0 Å². The van der Waals surface area contributed by atoms with Crippen LogP contribution in [-0.2, 0) is 40.0 Å². The first-order chi connectivity index (χ1) is 3.71. The first kappa shape index (κ1) is 17.9. The van der Waals surface area contributed by atoms with Crippen LogP contribution in [0.15, 0.2) is 0 Å². The second kappa shape index (κ2) is 5.54. The SMILES string of the molecule is O=P([O-])([O-])OP(=O)([O-])[O-].[O-2].[W]. The molecule has 0 saturated heterocycles. The fraction of sp³-hybridized carbons (Fsp3) is 0. The Hall–Kier alpha value is 0.908. The first-order valence-electron chi connectivity index (χ1n) is 1.46. The van der Waals surface area contributed by atoms with E-state index in [-0.39, 0.29) is 26.5 Å². The minimum absolute atomic E-state index is 0. The van der Waals surface area contributed by atoms with Gasteiger partial charge in [-0.2, -0.15) is 0 Å². The van der Waals surface area contributed by atoms with Crippen LogP contribution in [0.2, 0.25) is 0 Å². The van der Waals surface area contributed by atoms with E-state index in [9.17, 15) is 28.7 Å². The van der Waals surface area contributed by atoms with Gasteiger partial charge in [-0.1, -0.05) is 0 Å². The number of hydrogen-bond acceptors (Lipinski definition) is 7. The van der Waals surface area contributed by atoms with Crippen molar-refractivity contribution in [1.29, 1.82) is 0 Å². The standard InChI is InChI=1S/H4O7P2.O.W/c1-8(2,3)7-9(4,5)6;;/h(H2,1,2,3)(H2,4,5,6);;/q;-2;/p-4. The van der Waals surface area contributed by atoms with Gasteiger partial charge in [0.05, 0.1) is 15.6 Å². The Labute approximate surface area is 75.6 Å². The molecule has 70 valence electrons. The van der Waals surface area contributed by atoms with Crippen LogP contribution in [0.1, 0.15) is 0 Å². The molecule has 0 aromatic rings. The molecule has 0 rings (SSSR count). The van der Waals surface area contributed by atoms with Crippen LogP contribution in [0.3, 0.4) is 0 Å². The van der Waals surface area contributed by atoms with Crippen molar-refractivity contribution in [1.82, 2.24) is 0 Å². The van der Waals surface area contributed by atoms with Gasteiger partial charge in [-0.05, 0) is 0 Å². The molecule has 0 bridgehead atoms. The maximum atomic E-state index is 9.32. The van der Waals surface area contributed by atoms with E-state index in [1.807, 2.05) is 0 Å². The van der Waals surface area contributed by atoms with Crippen LogP contribution in [0.25, 0.3) is 0 Å². The quantitative estimate of drug-likeness (QED) is 0.453. The maximum absolute atomic E-state index is 9.32. The van der Waals surface area contributed by atoms with Gasteiger partial charge in [0.1, 0.15) is 0 Å². The summed E-state index contributed by atoms with van der Waals surface area (Å²) < 4.78 is 21.2. The molecule has 0 aliphatic carbocycles. The summed E-state index contributed by atoms with van der Waals surface area (Å²) in [5, 5.41) is 0. The smallest absolute Gasteiger partial charge is 0.0655 e. The number of phosphoric acid groups is 2. The van der Waals surface area contributed by atoms with E-state index in [2.05, 4.69) is 4.31 Å². The maximum Gasteiger partial charge on any atom is 0.0655 e. The molecule has 11 heavy (non-hydrogen) atoms. The molecule has 0 aliphatic heterocycles. The molecule has 0 amide bonds. The van der Waals surface area contributed by atoms with Crippen LogP contribution >= 0.6 is 15.6 Å². The molecule has 0 aromatic carbocycles. The average Bonchev–Trinajstić information content (AvgIpc) is 1.14. The van der Waals surface area contributed by atoms with Gasteiger partial charge >= 0.3 is 0 Å². The molecule has 0 unspecified atom stereocenters. The predicted molar refractivity (Wildman–Crippen MR) is 17.0 cm³/mol. The molecule has 0 aliphatic rings. The molecule has 0 aromatic heterocycles. The van der Waals surface area contributed by atoms with E-state index in [1.165, 1.54) is 0 Å². The summed E-state index contributed by atoms with van der Waals surface area (Å²) >= 11 is 0. The molecule has 11 heteroatoms. The zero-order chi connectivity index (χ0) is 7.71. The molecule has 0 radical (unpaired) electrons. The Bertz CT molecular complexity index is 153. The van der Waals surface area contributed by atoms with Crippen LogP contribution in [0, 0.1) is 0 Å². The second-order valence-corrected chi connectivity index (χ2v) is 3.42. The molecule has 0 atom stereocenters. The van der Waals surface area contributed by atoms with Crippen molar-refractivity contribution in [3.05, 3.63) is 0 Å². The fourth-order valence-electron chi connectivity index (χ4n) is 0.122. The topological polar surface area (TPSA) is 164 Å². The third kappa shape index (κ3) is 18.1. The van der Waals surface area contributed by atoms with Crippen molar-refractivity contribution < 1.29 is 59.6 Å². The Balaban J connectivity index is -0.000000320. The van der Waals surface area contributed by atoms with Crippen LogP contribution < -0.4 is 19.6 Å². The van der Waals surface area contributed by atoms with Crippen LogP contribution in [0.4, 0.5) is 0 Å². The normalized spacial score (nSPS) is 11.3. The van der Waals surface area contributed by atoms with Crippen molar-refractivity contribution in [3.8, 4) is 0 Å². The van der Waals surface area contributed by atoms with Gasteiger partial charge in [0.2, 0.25) is 0 Å². The van der Waals surface area contributed by atoms with Gasteiger partial charge in [0.25, 0.3) is 0 Å². The van der Waals surface area contributed by atoms with Crippen molar-refractivity contribution >= 4 is 15.6 Å².